The number of nitrogens with one attached hydrogen (secondary N) is 1. The van der Waals surface area contributed by atoms with Crippen LogP contribution >= 0.6 is 0 Å². The highest BCUT2D eigenvalue weighted by Crippen LogP contribution is 2.31. The Hall–Kier alpha value is -1.90. The molecule has 0 aliphatic carbocycles. The Morgan fingerprint density at radius 3 is 2.31 bits per heavy atom. The number of oxazole rings is 1. The number of benzene rings is 1. The molecule has 0 radical (unpaired) electrons. The largest absolute Gasteiger partial charge is 0.441 e. The summed E-state index contributed by atoms with van der Waals surface area (Å²) >= 11 is 0. The predicted molar refractivity (Wildman–Crippen MR) is 132 cm³/mol. The highest BCUT2D eigenvalue weighted by molar-refractivity contribution is 5.54. The van der Waals surface area contributed by atoms with E-state index in [1.54, 1.807) is 0 Å². The maximum absolute atomic E-state index is 12.8. The molecule has 2 aliphatic rings. The Morgan fingerprint density at radius 1 is 0.971 bits per heavy atom. The van der Waals surface area contributed by atoms with Crippen LogP contribution in [-0.4, -0.2) is 60.6 Å². The lowest BCUT2D eigenvalue weighted by Gasteiger charge is -2.31. The minimum absolute atomic E-state index is 0.380. The van der Waals surface area contributed by atoms with Crippen molar-refractivity contribution in [2.75, 3.05) is 45.8 Å². The topological polar surface area (TPSA) is 44.5 Å². The summed E-state index contributed by atoms with van der Waals surface area (Å²) in [6.07, 6.45) is 4.72. The maximum Gasteiger partial charge on any atom is 0.416 e. The van der Waals surface area contributed by atoms with E-state index < -0.39 is 11.7 Å². The molecule has 1 N–H and O–H groups in total. The molecule has 0 bridgehead atoms. The lowest BCUT2D eigenvalue weighted by molar-refractivity contribution is -0.137. The van der Waals surface area contributed by atoms with Crippen LogP contribution in [0.2, 0.25) is 0 Å². The smallest absolute Gasteiger partial charge is 0.416 e. The van der Waals surface area contributed by atoms with Crippen LogP contribution in [0.25, 0.3) is 11.5 Å². The number of hydrogen-bond donors (Lipinski definition) is 1. The van der Waals surface area contributed by atoms with E-state index in [0.717, 1.165) is 49.8 Å². The van der Waals surface area contributed by atoms with Crippen molar-refractivity contribution in [1.82, 2.24) is 20.1 Å². The third-order valence-corrected chi connectivity index (χ3v) is 7.39. The van der Waals surface area contributed by atoms with E-state index in [4.69, 9.17) is 4.42 Å². The molecule has 4 rings (SSSR count). The first-order valence-electron chi connectivity index (χ1n) is 13.2. The second kappa shape index (κ2) is 12.4. The molecule has 0 amide bonds. The number of aromatic nitrogens is 1. The van der Waals surface area contributed by atoms with Gasteiger partial charge in [-0.2, -0.15) is 13.2 Å². The van der Waals surface area contributed by atoms with Crippen molar-refractivity contribution >= 4 is 0 Å². The van der Waals surface area contributed by atoms with Crippen LogP contribution in [0.4, 0.5) is 13.2 Å². The Morgan fingerprint density at radius 2 is 1.66 bits per heavy atom. The Labute approximate surface area is 207 Å². The van der Waals surface area contributed by atoms with Gasteiger partial charge in [0.1, 0.15) is 5.76 Å². The second-order valence-electron chi connectivity index (χ2n) is 10.1. The number of likely N-dealkylation sites (tertiary alicyclic amines) is 2. The van der Waals surface area contributed by atoms with Gasteiger partial charge in [-0.25, -0.2) is 4.98 Å². The number of rotatable bonds is 9. The van der Waals surface area contributed by atoms with E-state index in [-0.39, 0.29) is 0 Å². The lowest BCUT2D eigenvalue weighted by atomic mass is 9.96. The molecule has 1 aromatic heterocycles. The molecule has 5 nitrogen and oxygen atoms in total. The maximum atomic E-state index is 12.8. The Balaban J connectivity index is 1.16. The fourth-order valence-electron chi connectivity index (χ4n) is 5.15. The first-order chi connectivity index (χ1) is 16.9. The van der Waals surface area contributed by atoms with Gasteiger partial charge in [0.15, 0.2) is 0 Å². The first-order valence-corrected chi connectivity index (χ1v) is 13.2. The quantitative estimate of drug-likeness (QED) is 0.453. The number of hydrogen-bond acceptors (Lipinski definition) is 5. The summed E-state index contributed by atoms with van der Waals surface area (Å²) in [7, 11) is 0. The lowest BCUT2D eigenvalue weighted by Crippen LogP contribution is -2.37. The Kier molecular flexibility index (Phi) is 9.25. The van der Waals surface area contributed by atoms with Crippen molar-refractivity contribution in [3.63, 3.8) is 0 Å². The summed E-state index contributed by atoms with van der Waals surface area (Å²) < 4.78 is 44.2. The van der Waals surface area contributed by atoms with Gasteiger partial charge in [0.05, 0.1) is 11.3 Å². The number of alkyl halides is 3. The van der Waals surface area contributed by atoms with Gasteiger partial charge in [-0.1, -0.05) is 12.8 Å². The minimum atomic E-state index is -4.34. The summed E-state index contributed by atoms with van der Waals surface area (Å²) in [5.41, 5.74) is 0.762. The number of halogens is 3. The molecule has 2 aliphatic heterocycles. The number of aryl methyl sites for hydroxylation is 1. The van der Waals surface area contributed by atoms with E-state index in [1.165, 1.54) is 76.7 Å². The molecular weight excluding hydrogens is 453 g/mol. The SMILES string of the molecule is Cc1oc(-c2ccc(C(F)(F)F)cc2)nc1CN1CCC(CNCCCN2CCCCCC2)CC1. The van der Waals surface area contributed by atoms with E-state index in [9.17, 15) is 13.2 Å². The third kappa shape index (κ3) is 7.79. The van der Waals surface area contributed by atoms with Crippen LogP contribution in [-0.2, 0) is 12.7 Å². The van der Waals surface area contributed by atoms with Gasteiger partial charge in [-0.05, 0) is 115 Å². The van der Waals surface area contributed by atoms with Crippen LogP contribution < -0.4 is 5.32 Å². The van der Waals surface area contributed by atoms with Gasteiger partial charge in [0.25, 0.3) is 0 Å². The minimum Gasteiger partial charge on any atom is -0.441 e. The third-order valence-electron chi connectivity index (χ3n) is 7.39. The monoisotopic (exact) mass is 492 g/mol. The molecule has 8 heteroatoms. The van der Waals surface area contributed by atoms with Crippen molar-refractivity contribution in [1.29, 1.82) is 0 Å². The summed E-state index contributed by atoms with van der Waals surface area (Å²) in [4.78, 5) is 9.62. The van der Waals surface area contributed by atoms with Gasteiger partial charge in [0, 0.05) is 12.1 Å². The summed E-state index contributed by atoms with van der Waals surface area (Å²) in [6, 6.07) is 4.99. The van der Waals surface area contributed by atoms with Crippen LogP contribution in [0.1, 0.15) is 62.0 Å². The first kappa shape index (κ1) is 26.2. The molecule has 0 spiro atoms. The highest BCUT2D eigenvalue weighted by Gasteiger charge is 2.30. The van der Waals surface area contributed by atoms with Crippen LogP contribution in [0.5, 0.6) is 0 Å². The van der Waals surface area contributed by atoms with Gasteiger partial charge < -0.3 is 14.6 Å². The zero-order chi connectivity index (χ0) is 24.7. The average Bonchev–Trinajstić information content (AvgIpc) is 3.03. The summed E-state index contributed by atoms with van der Waals surface area (Å²) in [5.74, 6) is 1.82. The zero-order valence-electron chi connectivity index (χ0n) is 20.9. The fourth-order valence-corrected chi connectivity index (χ4v) is 5.15. The zero-order valence-corrected chi connectivity index (χ0v) is 20.9. The summed E-state index contributed by atoms with van der Waals surface area (Å²) in [5, 5.41) is 3.68. The molecule has 3 heterocycles. The van der Waals surface area contributed by atoms with Gasteiger partial charge >= 0.3 is 6.18 Å². The van der Waals surface area contributed by atoms with Gasteiger partial charge in [-0.3, -0.25) is 4.90 Å². The molecule has 194 valence electrons. The molecule has 2 aromatic rings. The highest BCUT2D eigenvalue weighted by atomic mass is 19.4. The molecule has 2 saturated heterocycles. The molecular formula is C27H39F3N4O. The molecule has 0 unspecified atom stereocenters. The normalized spacial score (nSPS) is 19.2. The average molecular weight is 493 g/mol. The Bertz CT molecular complexity index is 896. The van der Waals surface area contributed by atoms with Crippen LogP contribution in [0, 0.1) is 12.8 Å². The van der Waals surface area contributed by atoms with Gasteiger partial charge in [0.2, 0.25) is 5.89 Å². The van der Waals surface area contributed by atoms with E-state index in [1.807, 2.05) is 6.92 Å². The second-order valence-corrected chi connectivity index (χ2v) is 10.1. The molecule has 0 atom stereocenters. The van der Waals surface area contributed by atoms with Crippen LogP contribution in [0.15, 0.2) is 28.7 Å². The molecule has 2 fully saturated rings. The molecule has 0 saturated carbocycles. The van der Waals surface area contributed by atoms with E-state index >= 15 is 0 Å². The van der Waals surface area contributed by atoms with Crippen molar-refractivity contribution < 1.29 is 17.6 Å². The van der Waals surface area contributed by atoms with Crippen LogP contribution in [0.3, 0.4) is 0 Å². The van der Waals surface area contributed by atoms with Crippen molar-refractivity contribution in [3.8, 4) is 11.5 Å². The van der Waals surface area contributed by atoms with E-state index in [2.05, 4.69) is 20.1 Å². The summed E-state index contributed by atoms with van der Waals surface area (Å²) in [6.45, 7) is 10.6. The number of nitrogens with zero attached hydrogens (tertiary/aromatic N) is 3. The van der Waals surface area contributed by atoms with E-state index in [0.29, 0.717) is 23.9 Å². The predicted octanol–water partition coefficient (Wildman–Crippen LogP) is 5.74. The molecule has 1 aromatic carbocycles. The fraction of sp³-hybridized carbons (Fsp3) is 0.667. The molecule has 35 heavy (non-hydrogen) atoms. The number of piperidine rings is 1. The van der Waals surface area contributed by atoms with Crippen molar-refractivity contribution in [2.24, 2.45) is 5.92 Å². The van der Waals surface area contributed by atoms with Gasteiger partial charge in [-0.15, -0.1) is 0 Å². The van der Waals surface area contributed by atoms with Crippen molar-refractivity contribution in [2.45, 2.75) is 64.6 Å². The standard InChI is InChI=1S/C27H39F3N4O/c1-21-25(32-26(35-21)23-7-9-24(10-8-23)27(28,29)30)20-34-17-11-22(12-18-34)19-31-13-6-16-33-14-4-2-3-5-15-33/h7-10,22,31H,2-6,11-20H2,1H3. The van der Waals surface area contributed by atoms with Crippen molar-refractivity contribution in [3.05, 3.63) is 41.3 Å².